The van der Waals surface area contributed by atoms with Gasteiger partial charge in [-0.2, -0.15) is 11.8 Å². The largest absolute Gasteiger partial charge is 0.481 e. The number of aliphatic carboxylic acids is 1. The number of carbonyl (C=O) groups is 2. The van der Waals surface area contributed by atoms with Gasteiger partial charge in [0, 0.05) is 17.3 Å². The Kier molecular flexibility index (Phi) is 5.57. The summed E-state index contributed by atoms with van der Waals surface area (Å²) in [5.41, 5.74) is 0. The smallest absolute Gasteiger partial charge is 0.315 e. The van der Waals surface area contributed by atoms with Gasteiger partial charge >= 0.3 is 12.0 Å². The van der Waals surface area contributed by atoms with Crippen LogP contribution in [0.15, 0.2) is 0 Å². The molecule has 2 rings (SSSR count). The summed E-state index contributed by atoms with van der Waals surface area (Å²) in [7, 11) is 0. The van der Waals surface area contributed by atoms with Crippen molar-refractivity contribution in [2.24, 2.45) is 5.92 Å². The van der Waals surface area contributed by atoms with Crippen LogP contribution < -0.4 is 10.6 Å². The summed E-state index contributed by atoms with van der Waals surface area (Å²) in [6.07, 6.45) is 5.26. The van der Waals surface area contributed by atoms with Gasteiger partial charge in [0.2, 0.25) is 0 Å². The molecular formula is C14H24N2O3S. The van der Waals surface area contributed by atoms with Crippen LogP contribution in [-0.2, 0) is 4.79 Å². The lowest BCUT2D eigenvalue weighted by Gasteiger charge is -2.17. The lowest BCUT2D eigenvalue weighted by molar-refractivity contribution is -0.141. The van der Waals surface area contributed by atoms with Gasteiger partial charge in [-0.3, -0.25) is 4.79 Å². The number of carboxylic acid groups (broad SMARTS) is 1. The fraction of sp³-hybridized carbons (Fsp3) is 0.857. The number of urea groups is 1. The van der Waals surface area contributed by atoms with E-state index < -0.39 is 5.97 Å². The standard InChI is InChI=1S/C14H24N2O3S/c1-2-20-12-6-5-11(8-12)16-14(19)15-10-4-3-9(7-10)13(17)18/h9-12H,2-8H2,1H3,(H,17,18)(H2,15,16,19)/t9-,10+,11?,12?/m1/s1. The molecule has 4 atom stereocenters. The lowest BCUT2D eigenvalue weighted by Crippen LogP contribution is -2.45. The number of rotatable bonds is 5. The minimum atomic E-state index is -0.745. The van der Waals surface area contributed by atoms with Crippen LogP contribution in [0.1, 0.15) is 45.4 Å². The maximum Gasteiger partial charge on any atom is 0.315 e. The molecule has 0 aromatic heterocycles. The van der Waals surface area contributed by atoms with Crippen molar-refractivity contribution in [3.05, 3.63) is 0 Å². The van der Waals surface area contributed by atoms with E-state index in [0.717, 1.165) is 25.0 Å². The van der Waals surface area contributed by atoms with E-state index in [9.17, 15) is 9.59 Å². The predicted molar refractivity (Wildman–Crippen MR) is 80.0 cm³/mol. The molecule has 2 amide bonds. The van der Waals surface area contributed by atoms with Crippen molar-refractivity contribution in [3.8, 4) is 0 Å². The zero-order valence-corrected chi connectivity index (χ0v) is 12.7. The Morgan fingerprint density at radius 3 is 2.35 bits per heavy atom. The number of thioether (sulfide) groups is 1. The molecule has 5 nitrogen and oxygen atoms in total. The van der Waals surface area contributed by atoms with E-state index >= 15 is 0 Å². The van der Waals surface area contributed by atoms with Crippen LogP contribution in [0.5, 0.6) is 0 Å². The van der Waals surface area contributed by atoms with E-state index in [4.69, 9.17) is 5.11 Å². The Morgan fingerprint density at radius 2 is 1.75 bits per heavy atom. The zero-order valence-electron chi connectivity index (χ0n) is 11.9. The van der Waals surface area contributed by atoms with Crippen molar-refractivity contribution >= 4 is 23.8 Å². The summed E-state index contributed by atoms with van der Waals surface area (Å²) < 4.78 is 0. The molecule has 0 radical (unpaired) electrons. The maximum absolute atomic E-state index is 11.9. The summed E-state index contributed by atoms with van der Waals surface area (Å²) in [4.78, 5) is 22.8. The molecule has 0 aromatic carbocycles. The lowest BCUT2D eigenvalue weighted by atomic mass is 10.1. The Bertz CT molecular complexity index is 364. The average molecular weight is 300 g/mol. The van der Waals surface area contributed by atoms with E-state index in [1.54, 1.807) is 0 Å². The van der Waals surface area contributed by atoms with E-state index in [2.05, 4.69) is 17.6 Å². The fourth-order valence-electron chi connectivity index (χ4n) is 3.21. The van der Waals surface area contributed by atoms with Crippen LogP contribution in [0.2, 0.25) is 0 Å². The highest BCUT2D eigenvalue weighted by molar-refractivity contribution is 7.99. The SMILES string of the molecule is CCSC1CCC(NC(=O)N[C@H]2CC[C@@H](C(=O)O)C2)C1. The van der Waals surface area contributed by atoms with Crippen LogP contribution in [-0.4, -0.2) is 40.2 Å². The summed E-state index contributed by atoms with van der Waals surface area (Å²) in [6.45, 7) is 2.16. The van der Waals surface area contributed by atoms with Crippen LogP contribution in [0, 0.1) is 5.92 Å². The number of carbonyl (C=O) groups excluding carboxylic acids is 1. The number of carboxylic acids is 1. The Morgan fingerprint density at radius 1 is 1.10 bits per heavy atom. The molecule has 2 aliphatic rings. The minimum Gasteiger partial charge on any atom is -0.481 e. The van der Waals surface area contributed by atoms with Crippen LogP contribution >= 0.6 is 11.8 Å². The summed E-state index contributed by atoms with van der Waals surface area (Å²) in [5, 5.41) is 15.6. The van der Waals surface area contributed by atoms with Crippen LogP contribution in [0.25, 0.3) is 0 Å². The van der Waals surface area contributed by atoms with Crippen LogP contribution in [0.3, 0.4) is 0 Å². The molecule has 20 heavy (non-hydrogen) atoms. The molecule has 0 bridgehead atoms. The number of hydrogen-bond acceptors (Lipinski definition) is 3. The summed E-state index contributed by atoms with van der Waals surface area (Å²) in [6, 6.07) is 0.155. The van der Waals surface area contributed by atoms with Gasteiger partial charge in [0.1, 0.15) is 0 Å². The third kappa shape index (κ3) is 4.30. The van der Waals surface area contributed by atoms with Gasteiger partial charge < -0.3 is 15.7 Å². The summed E-state index contributed by atoms with van der Waals surface area (Å²) >= 11 is 1.97. The molecule has 0 saturated heterocycles. The van der Waals surface area contributed by atoms with E-state index in [0.29, 0.717) is 18.1 Å². The van der Waals surface area contributed by atoms with Gasteiger partial charge in [0.15, 0.2) is 0 Å². The molecule has 6 heteroatoms. The predicted octanol–water partition coefficient (Wildman–Crippen LogP) is 2.21. The van der Waals surface area contributed by atoms with Crippen molar-refractivity contribution in [3.63, 3.8) is 0 Å². The highest BCUT2D eigenvalue weighted by Gasteiger charge is 2.31. The number of nitrogens with one attached hydrogen (secondary N) is 2. The molecule has 2 fully saturated rings. The second kappa shape index (κ2) is 7.20. The molecule has 0 aliphatic heterocycles. The van der Waals surface area contributed by atoms with Crippen molar-refractivity contribution in [2.75, 3.05) is 5.75 Å². The van der Waals surface area contributed by atoms with E-state index in [1.165, 1.54) is 6.42 Å². The first-order valence-electron chi connectivity index (χ1n) is 7.50. The van der Waals surface area contributed by atoms with Gasteiger partial charge in [0.05, 0.1) is 5.92 Å². The Balaban J connectivity index is 1.67. The topological polar surface area (TPSA) is 78.4 Å². The van der Waals surface area contributed by atoms with Gasteiger partial charge in [-0.25, -0.2) is 4.79 Å². The quantitative estimate of drug-likeness (QED) is 0.727. The molecule has 2 aliphatic carbocycles. The first kappa shape index (κ1) is 15.5. The molecule has 0 aromatic rings. The van der Waals surface area contributed by atoms with E-state index in [1.807, 2.05) is 11.8 Å². The second-order valence-electron chi connectivity index (χ2n) is 5.75. The van der Waals surface area contributed by atoms with Crippen molar-refractivity contribution in [1.29, 1.82) is 0 Å². The number of amides is 2. The first-order chi connectivity index (χ1) is 9.58. The summed E-state index contributed by atoms with van der Waals surface area (Å²) in [5.74, 6) is 0.0874. The van der Waals surface area contributed by atoms with Gasteiger partial charge in [-0.15, -0.1) is 0 Å². The molecule has 2 saturated carbocycles. The minimum absolute atomic E-state index is 0.0123. The monoisotopic (exact) mass is 300 g/mol. The Hall–Kier alpha value is -0.910. The molecule has 0 spiro atoms. The highest BCUT2D eigenvalue weighted by atomic mass is 32.2. The average Bonchev–Trinajstić information content (AvgIpc) is 2.99. The third-order valence-corrected chi connectivity index (χ3v) is 5.47. The normalized spacial score (nSPS) is 33.0. The first-order valence-corrected chi connectivity index (χ1v) is 8.54. The van der Waals surface area contributed by atoms with Crippen molar-refractivity contribution in [1.82, 2.24) is 10.6 Å². The van der Waals surface area contributed by atoms with Gasteiger partial charge in [0.25, 0.3) is 0 Å². The molecule has 3 N–H and O–H groups in total. The van der Waals surface area contributed by atoms with E-state index in [-0.39, 0.29) is 24.0 Å². The fourth-order valence-corrected chi connectivity index (χ4v) is 4.35. The maximum atomic E-state index is 11.9. The zero-order chi connectivity index (χ0) is 14.5. The van der Waals surface area contributed by atoms with Gasteiger partial charge in [-0.1, -0.05) is 6.92 Å². The third-order valence-electron chi connectivity index (χ3n) is 4.24. The van der Waals surface area contributed by atoms with Crippen LogP contribution in [0.4, 0.5) is 4.79 Å². The second-order valence-corrected chi connectivity index (χ2v) is 7.33. The van der Waals surface area contributed by atoms with Crippen molar-refractivity contribution in [2.45, 2.75) is 62.8 Å². The number of hydrogen-bond donors (Lipinski definition) is 3. The van der Waals surface area contributed by atoms with Gasteiger partial charge in [-0.05, 0) is 44.3 Å². The Labute approximate surface area is 124 Å². The molecule has 2 unspecified atom stereocenters. The highest BCUT2D eigenvalue weighted by Crippen LogP contribution is 2.30. The van der Waals surface area contributed by atoms with Crippen molar-refractivity contribution < 1.29 is 14.7 Å². The molecular weight excluding hydrogens is 276 g/mol. The molecule has 0 heterocycles. The molecule has 114 valence electrons.